The molecule has 0 aliphatic heterocycles. The molecule has 1 heterocycles. The largest absolute Gasteiger partial charge is 0.340 e. The van der Waals surface area contributed by atoms with Crippen LogP contribution in [-0.2, 0) is 11.3 Å². The lowest BCUT2D eigenvalue weighted by atomic mass is 10.2. The van der Waals surface area contributed by atoms with Gasteiger partial charge in [-0.15, -0.1) is 12.4 Å². The molecule has 2 aromatic rings. The van der Waals surface area contributed by atoms with E-state index >= 15 is 0 Å². The number of rotatable bonds is 4. The van der Waals surface area contributed by atoms with Gasteiger partial charge in [-0.2, -0.15) is 5.10 Å². The van der Waals surface area contributed by atoms with Crippen LogP contribution < -0.4 is 5.73 Å². The predicted molar refractivity (Wildman–Crippen MR) is 80.9 cm³/mol. The Kier molecular flexibility index (Phi) is 5.73. The molecule has 1 aromatic heterocycles. The Morgan fingerprint density at radius 3 is 2.65 bits per heavy atom. The molecule has 0 unspecified atom stereocenters. The molecule has 5 nitrogen and oxygen atoms in total. The number of nitrogens with two attached hydrogens (primary N) is 1. The van der Waals surface area contributed by atoms with Gasteiger partial charge < -0.3 is 10.6 Å². The van der Waals surface area contributed by atoms with Crippen LogP contribution in [0.3, 0.4) is 0 Å². The van der Waals surface area contributed by atoms with Crippen molar-refractivity contribution < 1.29 is 4.79 Å². The van der Waals surface area contributed by atoms with E-state index in [-0.39, 0.29) is 18.3 Å². The van der Waals surface area contributed by atoms with E-state index in [0.717, 1.165) is 11.3 Å². The number of amides is 1. The van der Waals surface area contributed by atoms with Crippen molar-refractivity contribution in [2.24, 2.45) is 5.73 Å². The van der Waals surface area contributed by atoms with Gasteiger partial charge in [0.15, 0.2) is 0 Å². The number of carbonyl (C=O) groups is 1. The number of benzene rings is 1. The fourth-order valence-electron chi connectivity index (χ4n) is 1.86. The third-order valence-corrected chi connectivity index (χ3v) is 2.84. The van der Waals surface area contributed by atoms with Crippen LogP contribution in [0.5, 0.6) is 0 Å². The van der Waals surface area contributed by atoms with Crippen molar-refractivity contribution in [1.82, 2.24) is 14.7 Å². The molecular weight excluding hydrogens is 276 g/mol. The van der Waals surface area contributed by atoms with Gasteiger partial charge in [0.2, 0.25) is 5.91 Å². The van der Waals surface area contributed by atoms with Crippen molar-refractivity contribution in [2.45, 2.75) is 19.5 Å². The van der Waals surface area contributed by atoms with Crippen LogP contribution in [0.25, 0.3) is 5.69 Å². The zero-order valence-electron chi connectivity index (χ0n) is 11.6. The van der Waals surface area contributed by atoms with Crippen LogP contribution in [0.15, 0.2) is 42.7 Å². The van der Waals surface area contributed by atoms with Crippen molar-refractivity contribution in [3.63, 3.8) is 0 Å². The first-order valence-electron chi connectivity index (χ1n) is 6.17. The van der Waals surface area contributed by atoms with E-state index in [2.05, 4.69) is 5.10 Å². The molecular formula is C14H19ClN4O. The standard InChI is InChI=1S/C14H18N4O.ClH/c1-11(15)14(19)17(2)9-12-8-16-18(10-12)13-6-4-3-5-7-13;/h3-8,10-11H,9,15H2,1-2H3;1H/t11-;/m1./s1. The number of nitrogens with zero attached hydrogens (tertiary/aromatic N) is 3. The molecule has 0 fully saturated rings. The lowest BCUT2D eigenvalue weighted by Crippen LogP contribution is -2.39. The van der Waals surface area contributed by atoms with Gasteiger partial charge in [-0.05, 0) is 19.1 Å². The molecule has 108 valence electrons. The third kappa shape index (κ3) is 3.82. The molecule has 6 heteroatoms. The molecule has 2 rings (SSSR count). The fourth-order valence-corrected chi connectivity index (χ4v) is 1.86. The van der Waals surface area contributed by atoms with Crippen molar-refractivity contribution in [3.05, 3.63) is 48.3 Å². The second-order valence-electron chi connectivity index (χ2n) is 4.61. The number of hydrogen-bond acceptors (Lipinski definition) is 3. The zero-order chi connectivity index (χ0) is 13.8. The average Bonchev–Trinajstić information content (AvgIpc) is 2.87. The summed E-state index contributed by atoms with van der Waals surface area (Å²) in [5.74, 6) is -0.0764. The van der Waals surface area contributed by atoms with Crippen molar-refractivity contribution in [3.8, 4) is 5.69 Å². The molecule has 0 saturated carbocycles. The Labute approximate surface area is 124 Å². The van der Waals surface area contributed by atoms with Crippen LogP contribution in [-0.4, -0.2) is 33.7 Å². The molecule has 20 heavy (non-hydrogen) atoms. The maximum Gasteiger partial charge on any atom is 0.239 e. The Morgan fingerprint density at radius 2 is 2.05 bits per heavy atom. The number of likely N-dealkylation sites (N-methyl/N-ethyl adjacent to an activating group) is 1. The first-order chi connectivity index (χ1) is 9.08. The first-order valence-corrected chi connectivity index (χ1v) is 6.17. The Balaban J connectivity index is 0.00000200. The summed E-state index contributed by atoms with van der Waals surface area (Å²) in [4.78, 5) is 13.3. The average molecular weight is 295 g/mol. The monoisotopic (exact) mass is 294 g/mol. The van der Waals surface area contributed by atoms with E-state index in [1.807, 2.05) is 36.5 Å². The van der Waals surface area contributed by atoms with Gasteiger partial charge in [-0.3, -0.25) is 4.79 Å². The summed E-state index contributed by atoms with van der Waals surface area (Å²) in [5, 5.41) is 4.29. The highest BCUT2D eigenvalue weighted by Gasteiger charge is 2.14. The number of hydrogen-bond donors (Lipinski definition) is 1. The van der Waals surface area contributed by atoms with Crippen LogP contribution in [0.2, 0.25) is 0 Å². The molecule has 0 aliphatic rings. The predicted octanol–water partition coefficient (Wildman–Crippen LogP) is 1.60. The van der Waals surface area contributed by atoms with Crippen molar-refractivity contribution in [2.75, 3.05) is 7.05 Å². The maximum absolute atomic E-state index is 11.7. The SMILES string of the molecule is C[C@@H](N)C(=O)N(C)Cc1cnn(-c2ccccc2)c1.Cl. The summed E-state index contributed by atoms with van der Waals surface area (Å²) in [6, 6.07) is 9.36. The molecule has 2 N–H and O–H groups in total. The summed E-state index contributed by atoms with van der Waals surface area (Å²) in [5.41, 5.74) is 7.54. The summed E-state index contributed by atoms with van der Waals surface area (Å²) < 4.78 is 1.79. The molecule has 0 saturated heterocycles. The van der Waals surface area contributed by atoms with Gasteiger partial charge in [0.1, 0.15) is 0 Å². The van der Waals surface area contributed by atoms with E-state index in [1.165, 1.54) is 0 Å². The van der Waals surface area contributed by atoms with Crippen LogP contribution in [0.4, 0.5) is 0 Å². The topological polar surface area (TPSA) is 64.2 Å². The lowest BCUT2D eigenvalue weighted by molar-refractivity contribution is -0.131. The number of aromatic nitrogens is 2. The van der Waals surface area contributed by atoms with Crippen molar-refractivity contribution >= 4 is 18.3 Å². The Morgan fingerprint density at radius 1 is 1.40 bits per heavy atom. The lowest BCUT2D eigenvalue weighted by Gasteiger charge is -2.18. The fraction of sp³-hybridized carbons (Fsp3) is 0.286. The van der Waals surface area contributed by atoms with E-state index in [9.17, 15) is 4.79 Å². The third-order valence-electron chi connectivity index (χ3n) is 2.84. The zero-order valence-corrected chi connectivity index (χ0v) is 12.4. The van der Waals surface area contributed by atoms with Crippen molar-refractivity contribution in [1.29, 1.82) is 0 Å². The minimum Gasteiger partial charge on any atom is -0.340 e. The van der Waals surface area contributed by atoms with E-state index in [1.54, 1.807) is 29.7 Å². The maximum atomic E-state index is 11.7. The Bertz CT molecular complexity index is 553. The molecule has 0 spiro atoms. The molecule has 1 atom stereocenters. The summed E-state index contributed by atoms with van der Waals surface area (Å²) in [6.45, 7) is 2.19. The highest BCUT2D eigenvalue weighted by Crippen LogP contribution is 2.09. The van der Waals surface area contributed by atoms with Gasteiger partial charge >= 0.3 is 0 Å². The second kappa shape index (κ2) is 7.07. The molecule has 1 amide bonds. The molecule has 1 aromatic carbocycles. The van der Waals surface area contributed by atoms with Crippen LogP contribution in [0, 0.1) is 0 Å². The number of halogens is 1. The van der Waals surface area contributed by atoms with E-state index in [4.69, 9.17) is 5.73 Å². The van der Waals surface area contributed by atoms with Crippen LogP contribution in [0.1, 0.15) is 12.5 Å². The minimum absolute atomic E-state index is 0. The first kappa shape index (κ1) is 16.2. The second-order valence-corrected chi connectivity index (χ2v) is 4.61. The summed E-state index contributed by atoms with van der Waals surface area (Å²) >= 11 is 0. The minimum atomic E-state index is -0.478. The van der Waals surface area contributed by atoms with Gasteiger partial charge in [0.05, 0.1) is 17.9 Å². The normalized spacial score (nSPS) is 11.6. The number of carbonyl (C=O) groups excluding carboxylic acids is 1. The van der Waals surface area contributed by atoms with E-state index < -0.39 is 6.04 Å². The smallest absolute Gasteiger partial charge is 0.239 e. The number of para-hydroxylation sites is 1. The highest BCUT2D eigenvalue weighted by molar-refractivity contribution is 5.85. The highest BCUT2D eigenvalue weighted by atomic mass is 35.5. The molecule has 0 aliphatic carbocycles. The quantitative estimate of drug-likeness (QED) is 0.931. The summed E-state index contributed by atoms with van der Waals surface area (Å²) in [7, 11) is 1.74. The molecule has 0 radical (unpaired) electrons. The van der Waals surface area contributed by atoms with E-state index in [0.29, 0.717) is 6.54 Å². The summed E-state index contributed by atoms with van der Waals surface area (Å²) in [6.07, 6.45) is 3.68. The Hall–Kier alpha value is -1.85. The van der Waals surface area contributed by atoms with Gasteiger partial charge in [-0.1, -0.05) is 18.2 Å². The molecule has 0 bridgehead atoms. The van der Waals surface area contributed by atoms with Gasteiger partial charge in [-0.25, -0.2) is 4.68 Å². The van der Waals surface area contributed by atoms with Crippen LogP contribution >= 0.6 is 12.4 Å². The van der Waals surface area contributed by atoms with Gasteiger partial charge in [0, 0.05) is 25.4 Å². The van der Waals surface area contributed by atoms with Gasteiger partial charge in [0.25, 0.3) is 0 Å².